The van der Waals surface area contributed by atoms with Gasteiger partial charge in [-0.15, -0.1) is 0 Å². The van der Waals surface area contributed by atoms with Crippen molar-refractivity contribution in [3.63, 3.8) is 0 Å². The second-order valence-electron chi connectivity index (χ2n) is 5.83. The quantitative estimate of drug-likeness (QED) is 0.564. The summed E-state index contributed by atoms with van der Waals surface area (Å²) in [6.07, 6.45) is 3.84. The van der Waals surface area contributed by atoms with Crippen LogP contribution in [0.2, 0.25) is 0 Å². The highest BCUT2D eigenvalue weighted by atomic mass is 16.2. The molecule has 0 aliphatic carbocycles. The first-order chi connectivity index (χ1) is 12.5. The van der Waals surface area contributed by atoms with Crippen molar-refractivity contribution in [2.45, 2.75) is 13.3 Å². The Labute approximate surface area is 149 Å². The molecule has 1 amide bonds. The number of benzene rings is 1. The van der Waals surface area contributed by atoms with Gasteiger partial charge in [-0.05, 0) is 36.2 Å². The Morgan fingerprint density at radius 2 is 1.73 bits per heavy atom. The Hall–Kier alpha value is -3.48. The first-order valence-electron chi connectivity index (χ1n) is 8.15. The van der Waals surface area contributed by atoms with E-state index in [1.54, 1.807) is 24.5 Å². The number of pyridine rings is 1. The van der Waals surface area contributed by atoms with Gasteiger partial charge >= 0.3 is 0 Å². The number of nitrogens with zero attached hydrogens (tertiary/aromatic N) is 1. The van der Waals surface area contributed by atoms with Crippen LogP contribution in [0.1, 0.15) is 12.5 Å². The van der Waals surface area contributed by atoms with Gasteiger partial charge in [0.1, 0.15) is 11.4 Å². The minimum Gasteiger partial charge on any atom is -0.380 e. The van der Waals surface area contributed by atoms with Crippen LogP contribution in [0, 0.1) is 0 Å². The smallest absolute Gasteiger partial charge is 0.253 e. The lowest BCUT2D eigenvalue weighted by molar-refractivity contribution is -0.114. The minimum absolute atomic E-state index is 0.129. The van der Waals surface area contributed by atoms with E-state index in [1.807, 2.05) is 24.3 Å². The van der Waals surface area contributed by atoms with E-state index in [2.05, 4.69) is 20.9 Å². The largest absolute Gasteiger partial charge is 0.380 e. The predicted octanol–water partition coefficient (Wildman–Crippen LogP) is 2.03. The van der Waals surface area contributed by atoms with Crippen molar-refractivity contribution < 1.29 is 4.79 Å². The molecule has 3 rings (SSSR count). The Balaban J connectivity index is 1.62. The number of aromatic nitrogens is 1. The maximum Gasteiger partial charge on any atom is 0.253 e. The molecular weight excluding hydrogens is 332 g/mol. The number of carbonyl (C=O) groups excluding carboxylic acids is 1. The highest BCUT2D eigenvalue weighted by molar-refractivity contribution is 5.88. The molecule has 0 fully saturated rings. The van der Waals surface area contributed by atoms with Gasteiger partial charge in [-0.3, -0.25) is 19.4 Å². The molecule has 3 N–H and O–H groups in total. The zero-order valence-corrected chi connectivity index (χ0v) is 14.2. The molecular formula is C19H18N4O3. The zero-order valence-electron chi connectivity index (χ0n) is 14.2. The number of hydrogen-bond acceptors (Lipinski definition) is 6. The third kappa shape index (κ3) is 3.94. The maximum absolute atomic E-state index is 11.8. The topological polar surface area (TPSA) is 100 Å². The van der Waals surface area contributed by atoms with Crippen LogP contribution in [-0.2, 0) is 11.2 Å². The lowest BCUT2D eigenvalue weighted by Crippen LogP contribution is -2.37. The van der Waals surface area contributed by atoms with Gasteiger partial charge in [0, 0.05) is 37.2 Å². The molecule has 1 heterocycles. The van der Waals surface area contributed by atoms with Gasteiger partial charge < -0.3 is 16.0 Å². The summed E-state index contributed by atoms with van der Waals surface area (Å²) in [6, 6.07) is 10.9. The van der Waals surface area contributed by atoms with Crippen LogP contribution in [0.4, 0.5) is 22.7 Å². The average molecular weight is 350 g/mol. The van der Waals surface area contributed by atoms with Gasteiger partial charge in [-0.25, -0.2) is 0 Å². The van der Waals surface area contributed by atoms with E-state index >= 15 is 0 Å². The molecule has 0 spiro atoms. The average Bonchev–Trinajstić information content (AvgIpc) is 2.64. The summed E-state index contributed by atoms with van der Waals surface area (Å²) in [4.78, 5) is 38.6. The van der Waals surface area contributed by atoms with Gasteiger partial charge in [0.15, 0.2) is 0 Å². The second kappa shape index (κ2) is 7.60. The SMILES string of the molecule is CC(=O)Nc1cccc(CCNc2c(Nc3ccncc3)c(=O)c2=O)c1. The third-order valence-electron chi connectivity index (χ3n) is 3.82. The number of nitrogens with one attached hydrogen (secondary N) is 3. The van der Waals surface area contributed by atoms with Crippen LogP contribution in [0.25, 0.3) is 0 Å². The van der Waals surface area contributed by atoms with Gasteiger partial charge in [0.2, 0.25) is 5.91 Å². The number of carbonyl (C=O) groups is 1. The molecule has 3 aromatic rings. The van der Waals surface area contributed by atoms with E-state index in [4.69, 9.17) is 0 Å². The molecule has 0 atom stereocenters. The van der Waals surface area contributed by atoms with E-state index in [-0.39, 0.29) is 11.6 Å². The summed E-state index contributed by atoms with van der Waals surface area (Å²) in [5.41, 5.74) is 1.94. The molecule has 0 saturated carbocycles. The molecule has 7 nitrogen and oxygen atoms in total. The lowest BCUT2D eigenvalue weighted by atomic mass is 10.1. The fraction of sp³-hybridized carbons (Fsp3) is 0.158. The Morgan fingerprint density at radius 3 is 2.46 bits per heavy atom. The Kier molecular flexibility index (Phi) is 5.07. The lowest BCUT2D eigenvalue weighted by Gasteiger charge is -2.15. The van der Waals surface area contributed by atoms with Crippen molar-refractivity contribution in [3.8, 4) is 0 Å². The maximum atomic E-state index is 11.8. The molecule has 0 radical (unpaired) electrons. The standard InChI is InChI=1S/C19H18N4O3/c1-12(24)22-15-4-2-3-13(11-15)5-10-21-16-17(19(26)18(16)25)23-14-6-8-20-9-7-14/h2-4,6-9,11,21H,5,10H2,1H3,(H,20,23)(H,22,24). The summed E-state index contributed by atoms with van der Waals surface area (Å²) >= 11 is 0. The highest BCUT2D eigenvalue weighted by Crippen LogP contribution is 2.20. The van der Waals surface area contributed by atoms with Crippen LogP contribution >= 0.6 is 0 Å². The molecule has 0 aliphatic rings. The van der Waals surface area contributed by atoms with Crippen molar-refractivity contribution in [1.82, 2.24) is 4.98 Å². The fourth-order valence-electron chi connectivity index (χ4n) is 2.60. The number of hydrogen-bond donors (Lipinski definition) is 3. The van der Waals surface area contributed by atoms with E-state index in [9.17, 15) is 14.4 Å². The second-order valence-corrected chi connectivity index (χ2v) is 5.83. The summed E-state index contributed by atoms with van der Waals surface area (Å²) in [6.45, 7) is 1.94. The molecule has 0 aliphatic heterocycles. The van der Waals surface area contributed by atoms with E-state index in [1.165, 1.54) is 6.92 Å². The van der Waals surface area contributed by atoms with Crippen LogP contribution in [0.3, 0.4) is 0 Å². The summed E-state index contributed by atoms with van der Waals surface area (Å²) < 4.78 is 0. The van der Waals surface area contributed by atoms with E-state index in [0.29, 0.717) is 24.3 Å². The summed E-state index contributed by atoms with van der Waals surface area (Å²) in [7, 11) is 0. The number of anilines is 4. The highest BCUT2D eigenvalue weighted by Gasteiger charge is 2.20. The van der Waals surface area contributed by atoms with Crippen molar-refractivity contribution in [2.75, 3.05) is 22.5 Å². The number of rotatable bonds is 7. The molecule has 132 valence electrons. The van der Waals surface area contributed by atoms with Gasteiger partial charge in [0.05, 0.1) is 0 Å². The molecule has 1 aromatic heterocycles. The number of amides is 1. The van der Waals surface area contributed by atoms with Crippen LogP contribution in [-0.4, -0.2) is 17.4 Å². The minimum atomic E-state index is -0.531. The summed E-state index contributed by atoms with van der Waals surface area (Å²) in [5, 5.41) is 8.70. The molecule has 0 bridgehead atoms. The van der Waals surface area contributed by atoms with Gasteiger partial charge in [-0.2, -0.15) is 0 Å². The van der Waals surface area contributed by atoms with E-state index in [0.717, 1.165) is 11.3 Å². The van der Waals surface area contributed by atoms with Gasteiger partial charge in [0.25, 0.3) is 10.9 Å². The molecule has 2 aromatic carbocycles. The first-order valence-corrected chi connectivity index (χ1v) is 8.15. The molecule has 26 heavy (non-hydrogen) atoms. The van der Waals surface area contributed by atoms with Crippen molar-refractivity contribution >= 4 is 28.7 Å². The predicted molar refractivity (Wildman–Crippen MR) is 102 cm³/mol. The summed E-state index contributed by atoms with van der Waals surface area (Å²) in [5.74, 6) is -0.129. The molecule has 7 heteroatoms. The molecule has 0 saturated heterocycles. The third-order valence-corrected chi connectivity index (χ3v) is 3.82. The van der Waals surface area contributed by atoms with Crippen LogP contribution in [0.15, 0.2) is 58.4 Å². The Morgan fingerprint density at radius 1 is 1.00 bits per heavy atom. The molecule has 0 unspecified atom stereocenters. The zero-order chi connectivity index (χ0) is 18.5. The van der Waals surface area contributed by atoms with Crippen molar-refractivity contribution in [1.29, 1.82) is 0 Å². The first kappa shape index (κ1) is 17.3. The van der Waals surface area contributed by atoms with Crippen LogP contribution in [0.5, 0.6) is 0 Å². The van der Waals surface area contributed by atoms with Crippen LogP contribution < -0.4 is 26.8 Å². The van der Waals surface area contributed by atoms with Gasteiger partial charge in [-0.1, -0.05) is 12.1 Å². The monoisotopic (exact) mass is 350 g/mol. The van der Waals surface area contributed by atoms with Crippen molar-refractivity contribution in [2.24, 2.45) is 0 Å². The van der Waals surface area contributed by atoms with Crippen molar-refractivity contribution in [3.05, 3.63) is 74.8 Å². The van der Waals surface area contributed by atoms with E-state index < -0.39 is 10.9 Å². The Bertz CT molecular complexity index is 992. The normalized spacial score (nSPS) is 10.5. The fourth-order valence-corrected chi connectivity index (χ4v) is 2.60.